The van der Waals surface area contributed by atoms with Gasteiger partial charge in [-0.15, -0.1) is 10.2 Å². The van der Waals surface area contributed by atoms with Crippen LogP contribution in [-0.4, -0.2) is 19.7 Å². The van der Waals surface area contributed by atoms with Crippen molar-refractivity contribution < 1.29 is 5.11 Å². The molecule has 0 fully saturated rings. The van der Waals surface area contributed by atoms with Crippen LogP contribution in [-0.2, 0) is 6.54 Å². The molecule has 0 radical (unpaired) electrons. The van der Waals surface area contributed by atoms with Crippen molar-refractivity contribution in [3.63, 3.8) is 0 Å². The number of phenols is 1. The zero-order valence-electron chi connectivity index (χ0n) is 11.2. The predicted octanol–water partition coefficient (Wildman–Crippen LogP) is 2.29. The number of benzene rings is 1. The van der Waals surface area contributed by atoms with Gasteiger partial charge in [0.1, 0.15) is 5.75 Å². The molecule has 5 heteroatoms. The Labute approximate surface area is 116 Å². The topological polar surface area (TPSA) is 62.5 Å². The highest BCUT2D eigenvalue weighted by Crippen LogP contribution is 2.14. The molecule has 0 spiro atoms. The van der Waals surface area contributed by atoms with E-state index in [1.807, 2.05) is 47.9 Å². The third-order valence-electron chi connectivity index (χ3n) is 3.25. The van der Waals surface area contributed by atoms with Gasteiger partial charge in [0.25, 0.3) is 0 Å². The van der Waals surface area contributed by atoms with Crippen LogP contribution in [0.5, 0.6) is 5.75 Å². The van der Waals surface area contributed by atoms with E-state index in [0.717, 1.165) is 17.0 Å². The van der Waals surface area contributed by atoms with Crippen LogP contribution < -0.4 is 5.32 Å². The van der Waals surface area contributed by atoms with Gasteiger partial charge in [-0.1, -0.05) is 18.2 Å². The number of rotatable bonds is 4. The van der Waals surface area contributed by atoms with E-state index in [9.17, 15) is 5.11 Å². The highest BCUT2D eigenvalue weighted by molar-refractivity contribution is 5.37. The fourth-order valence-electron chi connectivity index (χ4n) is 2.18. The van der Waals surface area contributed by atoms with E-state index >= 15 is 0 Å². The third kappa shape index (κ3) is 2.48. The first kappa shape index (κ1) is 12.6. The predicted molar refractivity (Wildman–Crippen MR) is 76.3 cm³/mol. The summed E-state index contributed by atoms with van der Waals surface area (Å²) in [6.07, 6.45) is 1.96. The molecule has 0 saturated carbocycles. The molecule has 5 nitrogen and oxygen atoms in total. The second-order valence-electron chi connectivity index (χ2n) is 4.76. The summed E-state index contributed by atoms with van der Waals surface area (Å²) in [5, 5.41) is 21.2. The molecule has 1 aromatic carbocycles. The zero-order chi connectivity index (χ0) is 13.9. The molecule has 2 N–H and O–H groups in total. The molecule has 3 rings (SSSR count). The lowest BCUT2D eigenvalue weighted by atomic mass is 10.2. The minimum absolute atomic E-state index is 0.0646. The lowest BCUT2D eigenvalue weighted by molar-refractivity contribution is 0.473. The van der Waals surface area contributed by atoms with Crippen molar-refractivity contribution in [2.24, 2.45) is 0 Å². The Balaban J connectivity index is 1.75. The Bertz CT molecular complexity index is 722. The summed E-state index contributed by atoms with van der Waals surface area (Å²) in [5.74, 6) is 1.16. The number of fused-ring (bicyclic) bond motifs is 1. The first-order valence-electron chi connectivity index (χ1n) is 6.55. The number of pyridine rings is 1. The molecule has 0 aliphatic rings. The van der Waals surface area contributed by atoms with Gasteiger partial charge >= 0.3 is 0 Å². The smallest absolute Gasteiger partial charge is 0.160 e. The molecule has 1 unspecified atom stereocenters. The summed E-state index contributed by atoms with van der Waals surface area (Å²) in [7, 11) is 0. The number of nitrogens with zero attached hydrogens (tertiary/aromatic N) is 3. The minimum Gasteiger partial charge on any atom is -0.508 e. The van der Waals surface area contributed by atoms with Crippen LogP contribution in [0.4, 0.5) is 0 Å². The number of phenolic OH excluding ortho intramolecular Hbond substituents is 1. The first-order valence-corrected chi connectivity index (χ1v) is 6.55. The number of hydrogen-bond acceptors (Lipinski definition) is 4. The summed E-state index contributed by atoms with van der Waals surface area (Å²) >= 11 is 0. The average molecular weight is 268 g/mol. The molecule has 3 aromatic rings. The standard InChI is InChI=1S/C15H16N4O/c1-11(16-10-12-5-4-6-13(20)9-12)15-18-17-14-7-2-3-8-19(14)15/h2-9,11,16,20H,10H2,1H3. The molecule has 0 bridgehead atoms. The van der Waals surface area contributed by atoms with Crippen LogP contribution in [0.1, 0.15) is 24.4 Å². The Hall–Kier alpha value is -2.40. The monoisotopic (exact) mass is 268 g/mol. The summed E-state index contributed by atoms with van der Waals surface area (Å²) in [5.41, 5.74) is 1.87. The van der Waals surface area contributed by atoms with Crippen molar-refractivity contribution >= 4 is 5.65 Å². The zero-order valence-corrected chi connectivity index (χ0v) is 11.2. The van der Waals surface area contributed by atoms with E-state index in [1.165, 1.54) is 0 Å². The fourth-order valence-corrected chi connectivity index (χ4v) is 2.18. The summed E-state index contributed by atoms with van der Waals surface area (Å²) < 4.78 is 1.97. The molecule has 20 heavy (non-hydrogen) atoms. The van der Waals surface area contributed by atoms with Gasteiger partial charge in [-0.2, -0.15) is 0 Å². The lowest BCUT2D eigenvalue weighted by Crippen LogP contribution is -2.20. The molecule has 0 aliphatic heterocycles. The van der Waals surface area contributed by atoms with Crippen molar-refractivity contribution in [2.75, 3.05) is 0 Å². The summed E-state index contributed by atoms with van der Waals surface area (Å²) in [6.45, 7) is 2.71. The Morgan fingerprint density at radius 3 is 2.95 bits per heavy atom. The Morgan fingerprint density at radius 2 is 2.10 bits per heavy atom. The Morgan fingerprint density at radius 1 is 1.20 bits per heavy atom. The third-order valence-corrected chi connectivity index (χ3v) is 3.25. The van der Waals surface area contributed by atoms with E-state index < -0.39 is 0 Å². The van der Waals surface area contributed by atoms with Crippen molar-refractivity contribution in [2.45, 2.75) is 19.5 Å². The molecule has 0 amide bonds. The normalized spacial score (nSPS) is 12.7. The van der Waals surface area contributed by atoms with E-state index in [2.05, 4.69) is 15.5 Å². The largest absolute Gasteiger partial charge is 0.508 e. The highest BCUT2D eigenvalue weighted by Gasteiger charge is 2.12. The van der Waals surface area contributed by atoms with Gasteiger partial charge in [-0.3, -0.25) is 4.40 Å². The van der Waals surface area contributed by atoms with Gasteiger partial charge in [-0.25, -0.2) is 0 Å². The van der Waals surface area contributed by atoms with Crippen LogP contribution in [0.25, 0.3) is 5.65 Å². The van der Waals surface area contributed by atoms with E-state index in [4.69, 9.17) is 0 Å². The van der Waals surface area contributed by atoms with Crippen LogP contribution in [0, 0.1) is 0 Å². The highest BCUT2D eigenvalue weighted by atomic mass is 16.3. The fraction of sp³-hybridized carbons (Fsp3) is 0.200. The van der Waals surface area contributed by atoms with E-state index in [-0.39, 0.29) is 11.8 Å². The number of aromatic nitrogens is 3. The number of hydrogen-bond donors (Lipinski definition) is 2. The molecule has 2 aromatic heterocycles. The molecule has 0 aliphatic carbocycles. The maximum atomic E-state index is 9.45. The van der Waals surface area contributed by atoms with E-state index in [1.54, 1.807) is 12.1 Å². The SMILES string of the molecule is CC(NCc1cccc(O)c1)c1nnc2ccccn12. The van der Waals surface area contributed by atoms with Crippen LogP contribution in [0.15, 0.2) is 48.7 Å². The molecular formula is C15H16N4O. The minimum atomic E-state index is 0.0646. The molecule has 1 atom stereocenters. The van der Waals surface area contributed by atoms with Crippen LogP contribution in [0.2, 0.25) is 0 Å². The summed E-state index contributed by atoms with van der Waals surface area (Å²) in [4.78, 5) is 0. The van der Waals surface area contributed by atoms with Crippen LogP contribution >= 0.6 is 0 Å². The first-order chi connectivity index (χ1) is 9.74. The summed E-state index contributed by atoms with van der Waals surface area (Å²) in [6, 6.07) is 13.1. The van der Waals surface area contributed by atoms with Gasteiger partial charge in [0.2, 0.25) is 0 Å². The van der Waals surface area contributed by atoms with Crippen LogP contribution in [0.3, 0.4) is 0 Å². The quantitative estimate of drug-likeness (QED) is 0.762. The van der Waals surface area contributed by atoms with Crippen molar-refractivity contribution in [1.82, 2.24) is 19.9 Å². The van der Waals surface area contributed by atoms with Crippen molar-refractivity contribution in [3.8, 4) is 5.75 Å². The molecule has 102 valence electrons. The second kappa shape index (κ2) is 5.30. The molecule has 2 heterocycles. The molecule has 0 saturated heterocycles. The van der Waals surface area contributed by atoms with Gasteiger partial charge < -0.3 is 10.4 Å². The number of aromatic hydroxyl groups is 1. The van der Waals surface area contributed by atoms with Crippen molar-refractivity contribution in [3.05, 3.63) is 60.0 Å². The average Bonchev–Trinajstić information content (AvgIpc) is 2.89. The van der Waals surface area contributed by atoms with Gasteiger partial charge in [0.15, 0.2) is 11.5 Å². The van der Waals surface area contributed by atoms with Gasteiger partial charge in [-0.05, 0) is 36.8 Å². The maximum absolute atomic E-state index is 9.45. The van der Waals surface area contributed by atoms with Crippen molar-refractivity contribution in [1.29, 1.82) is 0 Å². The molecular weight excluding hydrogens is 252 g/mol. The Kier molecular flexibility index (Phi) is 3.35. The van der Waals surface area contributed by atoms with E-state index in [0.29, 0.717) is 6.54 Å². The van der Waals surface area contributed by atoms with Gasteiger partial charge in [0.05, 0.1) is 6.04 Å². The number of nitrogens with one attached hydrogen (secondary N) is 1. The van der Waals surface area contributed by atoms with Gasteiger partial charge in [0, 0.05) is 12.7 Å². The lowest BCUT2D eigenvalue weighted by Gasteiger charge is -2.12. The second-order valence-corrected chi connectivity index (χ2v) is 4.76. The maximum Gasteiger partial charge on any atom is 0.160 e.